The minimum Gasteiger partial charge on any atom is -0.391 e. The Hall–Kier alpha value is -0.0151. The third-order valence-electron chi connectivity index (χ3n) is 0.798. The standard InChI is InChI=1S/C4H9BO2/c1-3(6)4(7)2-5/h3-4,6-7H,2H2,1H3. The summed E-state index contributed by atoms with van der Waals surface area (Å²) in [6.45, 7) is 1.50. The van der Waals surface area contributed by atoms with Crippen LogP contribution in [0, 0.1) is 0 Å². The predicted octanol–water partition coefficient (Wildman–Crippen LogP) is -0.685. The number of hydrogen-bond acceptors (Lipinski definition) is 2. The SMILES string of the molecule is [B]CC(O)C(C)O. The van der Waals surface area contributed by atoms with Gasteiger partial charge in [0.05, 0.1) is 20.1 Å². The molecule has 0 aliphatic carbocycles. The van der Waals surface area contributed by atoms with Crippen molar-refractivity contribution in [3.63, 3.8) is 0 Å². The van der Waals surface area contributed by atoms with Gasteiger partial charge in [-0.25, -0.2) is 0 Å². The highest BCUT2D eigenvalue weighted by atomic mass is 16.3. The van der Waals surface area contributed by atoms with Gasteiger partial charge in [0.25, 0.3) is 0 Å². The first kappa shape index (κ1) is 6.98. The number of aliphatic hydroxyl groups excluding tert-OH is 2. The van der Waals surface area contributed by atoms with Crippen molar-refractivity contribution in [2.24, 2.45) is 0 Å². The molecule has 2 atom stereocenters. The molecule has 0 rings (SSSR count). The van der Waals surface area contributed by atoms with Gasteiger partial charge >= 0.3 is 0 Å². The lowest BCUT2D eigenvalue weighted by molar-refractivity contribution is 0.0443. The molecule has 0 saturated heterocycles. The molecule has 2 N–H and O–H groups in total. The van der Waals surface area contributed by atoms with Gasteiger partial charge in [-0.05, 0) is 6.92 Å². The minimum absolute atomic E-state index is 0.123. The molecule has 2 unspecified atom stereocenters. The molecule has 0 bridgehead atoms. The molecule has 0 spiro atoms. The fourth-order valence-corrected chi connectivity index (χ4v) is 0.197. The molecule has 0 aliphatic heterocycles. The maximum atomic E-state index is 8.56. The summed E-state index contributed by atoms with van der Waals surface area (Å²) in [5.74, 6) is 0. The average Bonchev–Trinajstić information content (AvgIpc) is 1.65. The minimum atomic E-state index is -0.764. The molecule has 0 heterocycles. The molecular weight excluding hydrogens is 90.9 g/mol. The van der Waals surface area contributed by atoms with Crippen molar-refractivity contribution in [2.45, 2.75) is 25.5 Å². The number of rotatable bonds is 2. The van der Waals surface area contributed by atoms with Crippen molar-refractivity contribution in [1.29, 1.82) is 0 Å². The molecule has 0 aromatic carbocycles. The van der Waals surface area contributed by atoms with E-state index in [1.165, 1.54) is 6.92 Å². The van der Waals surface area contributed by atoms with Gasteiger partial charge in [-0.1, -0.05) is 6.32 Å². The van der Waals surface area contributed by atoms with E-state index in [1.807, 2.05) is 0 Å². The van der Waals surface area contributed by atoms with Gasteiger partial charge in [0.1, 0.15) is 0 Å². The average molecular weight is 99.9 g/mol. The molecule has 0 aromatic rings. The quantitative estimate of drug-likeness (QED) is 0.451. The van der Waals surface area contributed by atoms with E-state index in [2.05, 4.69) is 0 Å². The first-order valence-electron chi connectivity index (χ1n) is 2.24. The van der Waals surface area contributed by atoms with Crippen LogP contribution in [0.2, 0.25) is 6.32 Å². The van der Waals surface area contributed by atoms with Crippen molar-refractivity contribution in [1.82, 2.24) is 0 Å². The lowest BCUT2D eigenvalue weighted by atomic mass is 9.97. The first-order chi connectivity index (χ1) is 3.18. The first-order valence-corrected chi connectivity index (χ1v) is 2.24. The van der Waals surface area contributed by atoms with Crippen LogP contribution in [0.5, 0.6) is 0 Å². The molecule has 0 saturated carbocycles. The summed E-state index contributed by atoms with van der Waals surface area (Å²) in [7, 11) is 4.96. The molecule has 3 heteroatoms. The van der Waals surface area contributed by atoms with E-state index in [4.69, 9.17) is 18.1 Å². The number of hydrogen-bond donors (Lipinski definition) is 2. The maximum absolute atomic E-state index is 8.56. The summed E-state index contributed by atoms with van der Waals surface area (Å²) in [6.07, 6.45) is -1.34. The van der Waals surface area contributed by atoms with Crippen LogP contribution in [0.15, 0.2) is 0 Å². The normalized spacial score (nSPS) is 18.7. The van der Waals surface area contributed by atoms with Gasteiger partial charge in [0, 0.05) is 0 Å². The Labute approximate surface area is 44.6 Å². The summed E-state index contributed by atoms with van der Waals surface area (Å²) in [6, 6.07) is 0. The van der Waals surface area contributed by atoms with Gasteiger partial charge in [-0.2, -0.15) is 0 Å². The highest BCUT2D eigenvalue weighted by molar-refractivity contribution is 6.08. The van der Waals surface area contributed by atoms with Gasteiger partial charge in [0.2, 0.25) is 0 Å². The van der Waals surface area contributed by atoms with E-state index < -0.39 is 12.2 Å². The van der Waals surface area contributed by atoms with Crippen LogP contribution in [0.3, 0.4) is 0 Å². The van der Waals surface area contributed by atoms with Crippen LogP contribution >= 0.6 is 0 Å². The second-order valence-corrected chi connectivity index (χ2v) is 1.54. The zero-order valence-corrected chi connectivity index (χ0v) is 4.33. The second-order valence-electron chi connectivity index (χ2n) is 1.54. The number of aliphatic hydroxyl groups is 2. The molecule has 0 aliphatic rings. The third-order valence-corrected chi connectivity index (χ3v) is 0.798. The van der Waals surface area contributed by atoms with Gasteiger partial charge in [-0.15, -0.1) is 0 Å². The second kappa shape index (κ2) is 3.05. The van der Waals surface area contributed by atoms with Crippen LogP contribution < -0.4 is 0 Å². The molecule has 2 nitrogen and oxygen atoms in total. The summed E-state index contributed by atoms with van der Waals surface area (Å²) < 4.78 is 0. The lowest BCUT2D eigenvalue weighted by Gasteiger charge is -2.08. The van der Waals surface area contributed by atoms with Gasteiger partial charge < -0.3 is 10.2 Å². The van der Waals surface area contributed by atoms with Crippen LogP contribution in [-0.4, -0.2) is 30.3 Å². The van der Waals surface area contributed by atoms with Crippen molar-refractivity contribution < 1.29 is 10.2 Å². The van der Waals surface area contributed by atoms with E-state index in [0.29, 0.717) is 0 Å². The largest absolute Gasteiger partial charge is 0.391 e. The fraction of sp³-hybridized carbons (Fsp3) is 1.00. The van der Waals surface area contributed by atoms with Crippen molar-refractivity contribution in [3.05, 3.63) is 0 Å². The Balaban J connectivity index is 3.14. The maximum Gasteiger partial charge on any atom is 0.0763 e. The van der Waals surface area contributed by atoms with Crippen LogP contribution in [0.1, 0.15) is 6.92 Å². The summed E-state index contributed by atoms with van der Waals surface area (Å²) in [4.78, 5) is 0. The monoisotopic (exact) mass is 100 g/mol. The highest BCUT2D eigenvalue weighted by Crippen LogP contribution is 1.93. The van der Waals surface area contributed by atoms with Gasteiger partial charge in [0.15, 0.2) is 0 Å². The van der Waals surface area contributed by atoms with Gasteiger partial charge in [-0.3, -0.25) is 0 Å². The Morgan fingerprint density at radius 3 is 2.00 bits per heavy atom. The topological polar surface area (TPSA) is 40.5 Å². The fourth-order valence-electron chi connectivity index (χ4n) is 0.197. The summed E-state index contributed by atoms with van der Waals surface area (Å²) >= 11 is 0. The van der Waals surface area contributed by atoms with Crippen LogP contribution in [-0.2, 0) is 0 Å². The third kappa shape index (κ3) is 2.65. The van der Waals surface area contributed by atoms with E-state index in [0.717, 1.165) is 0 Å². The molecule has 0 amide bonds. The summed E-state index contributed by atoms with van der Waals surface area (Å²) in [5.41, 5.74) is 0. The molecular formula is C4H9BO2. The van der Waals surface area contributed by atoms with Crippen molar-refractivity contribution >= 4 is 7.85 Å². The smallest absolute Gasteiger partial charge is 0.0763 e. The molecule has 2 radical (unpaired) electrons. The highest BCUT2D eigenvalue weighted by Gasteiger charge is 2.04. The van der Waals surface area contributed by atoms with Crippen molar-refractivity contribution in [2.75, 3.05) is 0 Å². The van der Waals surface area contributed by atoms with E-state index in [1.54, 1.807) is 0 Å². The molecule has 0 fully saturated rings. The summed E-state index contributed by atoms with van der Waals surface area (Å²) in [5, 5.41) is 17.1. The Morgan fingerprint density at radius 2 is 2.00 bits per heavy atom. The molecule has 7 heavy (non-hydrogen) atoms. The van der Waals surface area contributed by atoms with Crippen LogP contribution in [0.4, 0.5) is 0 Å². The zero-order chi connectivity index (χ0) is 5.86. The Morgan fingerprint density at radius 1 is 1.57 bits per heavy atom. The van der Waals surface area contributed by atoms with E-state index in [9.17, 15) is 0 Å². The van der Waals surface area contributed by atoms with Crippen LogP contribution in [0.25, 0.3) is 0 Å². The van der Waals surface area contributed by atoms with Crippen molar-refractivity contribution in [3.8, 4) is 0 Å². The molecule has 40 valence electrons. The van der Waals surface area contributed by atoms with E-state index >= 15 is 0 Å². The zero-order valence-electron chi connectivity index (χ0n) is 4.33. The lowest BCUT2D eigenvalue weighted by Crippen LogP contribution is -2.21. The molecule has 0 aromatic heterocycles. The Kier molecular flexibility index (Phi) is 3.04. The Bertz CT molecular complexity index is 47.0. The van der Waals surface area contributed by atoms with E-state index in [-0.39, 0.29) is 6.32 Å². The predicted molar refractivity (Wildman–Crippen MR) is 28.2 cm³/mol.